The van der Waals surface area contributed by atoms with Gasteiger partial charge in [-0.25, -0.2) is 9.50 Å². The smallest absolute Gasteiger partial charge is 0.222 e. The number of hydrogen-bond acceptors (Lipinski definition) is 5. The highest BCUT2D eigenvalue weighted by Crippen LogP contribution is 2.35. The lowest BCUT2D eigenvalue weighted by Crippen LogP contribution is -2.39. The molecule has 4 rings (SSSR count). The Bertz CT molecular complexity index is 974. The summed E-state index contributed by atoms with van der Waals surface area (Å²) in [7, 11) is 0. The molecule has 7 heteroatoms. The number of aryl methyl sites for hydroxylation is 2. The minimum absolute atomic E-state index is 0.185. The fourth-order valence-electron chi connectivity index (χ4n) is 3.94. The maximum Gasteiger partial charge on any atom is 0.222 e. The Hall–Kier alpha value is -2.70. The van der Waals surface area contributed by atoms with Crippen molar-refractivity contribution in [2.45, 2.75) is 52.4 Å². The fraction of sp³-hybridized carbons (Fsp3) is 0.500. The molecule has 3 aromatic heterocycles. The van der Waals surface area contributed by atoms with Gasteiger partial charge in [0.05, 0.1) is 22.6 Å². The molecule has 0 N–H and O–H groups in total. The largest absolute Gasteiger partial charge is 0.356 e. The van der Waals surface area contributed by atoms with Gasteiger partial charge in [0.1, 0.15) is 0 Å². The van der Waals surface area contributed by atoms with Crippen molar-refractivity contribution in [3.8, 4) is 11.3 Å². The van der Waals surface area contributed by atoms with Crippen LogP contribution in [0.3, 0.4) is 0 Å². The lowest BCUT2D eigenvalue weighted by atomic mass is 9.91. The van der Waals surface area contributed by atoms with Gasteiger partial charge >= 0.3 is 0 Å². The van der Waals surface area contributed by atoms with Gasteiger partial charge in [-0.1, -0.05) is 12.1 Å². The maximum atomic E-state index is 12.5. The molecule has 7 nitrogen and oxygen atoms in total. The summed E-state index contributed by atoms with van der Waals surface area (Å²) >= 11 is 0. The van der Waals surface area contributed by atoms with Crippen molar-refractivity contribution in [3.05, 3.63) is 35.4 Å². The minimum Gasteiger partial charge on any atom is -0.356 e. The number of amides is 1. The highest BCUT2D eigenvalue weighted by atomic mass is 16.5. The molecule has 4 heterocycles. The molecule has 0 aliphatic carbocycles. The number of carbonyl (C=O) groups is 1. The van der Waals surface area contributed by atoms with Gasteiger partial charge in [0.25, 0.3) is 0 Å². The first-order valence-electron chi connectivity index (χ1n) is 9.63. The Kier molecular flexibility index (Phi) is 4.68. The van der Waals surface area contributed by atoms with Crippen LogP contribution in [-0.2, 0) is 4.79 Å². The van der Waals surface area contributed by atoms with E-state index in [0.717, 1.165) is 54.1 Å². The third kappa shape index (κ3) is 3.34. The first-order chi connectivity index (χ1) is 13.1. The van der Waals surface area contributed by atoms with Crippen LogP contribution in [0.2, 0.25) is 0 Å². The molecule has 142 valence electrons. The van der Waals surface area contributed by atoms with E-state index in [0.29, 0.717) is 18.7 Å². The van der Waals surface area contributed by atoms with Gasteiger partial charge in [0.2, 0.25) is 5.91 Å². The topological polar surface area (TPSA) is 76.5 Å². The zero-order chi connectivity index (χ0) is 19.0. The summed E-state index contributed by atoms with van der Waals surface area (Å²) in [5, 5.41) is 8.71. The zero-order valence-electron chi connectivity index (χ0n) is 16.1. The Balaban J connectivity index is 1.80. The second-order valence-electron chi connectivity index (χ2n) is 7.37. The van der Waals surface area contributed by atoms with E-state index in [4.69, 9.17) is 4.52 Å². The molecule has 0 radical (unpaired) electrons. The number of likely N-dealkylation sites (tertiary alicyclic amines) is 1. The van der Waals surface area contributed by atoms with Crippen LogP contribution < -0.4 is 0 Å². The third-order valence-electron chi connectivity index (χ3n) is 5.16. The van der Waals surface area contributed by atoms with Crippen molar-refractivity contribution in [2.75, 3.05) is 13.1 Å². The van der Waals surface area contributed by atoms with Crippen molar-refractivity contribution in [1.82, 2.24) is 24.7 Å². The molecule has 1 atom stereocenters. The number of fused-ring (bicyclic) bond motifs is 1. The molecule has 0 bridgehead atoms. The molecule has 0 saturated carbocycles. The molecule has 0 unspecified atom stereocenters. The van der Waals surface area contributed by atoms with E-state index >= 15 is 0 Å². The number of carbonyl (C=O) groups excluding carboxylic acids is 1. The van der Waals surface area contributed by atoms with Crippen LogP contribution in [0.15, 0.2) is 22.9 Å². The maximum absolute atomic E-state index is 12.5. The normalized spacial score (nSPS) is 17.6. The summed E-state index contributed by atoms with van der Waals surface area (Å²) in [4.78, 5) is 19.0. The van der Waals surface area contributed by atoms with E-state index in [1.807, 2.05) is 48.5 Å². The summed E-state index contributed by atoms with van der Waals surface area (Å²) < 4.78 is 7.46. The van der Waals surface area contributed by atoms with Gasteiger partial charge in [0.15, 0.2) is 11.4 Å². The van der Waals surface area contributed by atoms with Crippen LogP contribution >= 0.6 is 0 Å². The predicted octanol–water partition coefficient (Wildman–Crippen LogP) is 3.51. The van der Waals surface area contributed by atoms with Gasteiger partial charge in [-0.05, 0) is 33.1 Å². The molecule has 1 aliphatic heterocycles. The van der Waals surface area contributed by atoms with E-state index in [2.05, 4.69) is 15.2 Å². The quantitative estimate of drug-likeness (QED) is 0.705. The molecular formula is C20H25N5O2. The molecular weight excluding hydrogens is 342 g/mol. The summed E-state index contributed by atoms with van der Waals surface area (Å²) in [6, 6.07) is 3.90. The third-order valence-corrected chi connectivity index (χ3v) is 5.16. The standard InChI is InChI=1S/C20H25N5O2/c1-4-6-19(26)24-8-5-7-15(12-24)20-16(17-9-14(3)23-27-17)11-21-18-10-13(2)22-25(18)20/h9-11,15H,4-8,12H2,1-3H3/t15-/m0/s1. The van der Waals surface area contributed by atoms with Crippen LogP contribution in [0, 0.1) is 13.8 Å². The second kappa shape index (κ2) is 7.13. The molecule has 27 heavy (non-hydrogen) atoms. The van der Waals surface area contributed by atoms with Crippen molar-refractivity contribution < 1.29 is 9.32 Å². The zero-order valence-corrected chi connectivity index (χ0v) is 16.1. The molecule has 0 spiro atoms. The Labute approximate surface area is 158 Å². The minimum atomic E-state index is 0.185. The fourth-order valence-corrected chi connectivity index (χ4v) is 3.94. The number of aromatic nitrogens is 4. The Morgan fingerprint density at radius 3 is 2.89 bits per heavy atom. The highest BCUT2D eigenvalue weighted by molar-refractivity contribution is 5.76. The first kappa shape index (κ1) is 17.7. The van der Waals surface area contributed by atoms with Gasteiger partial charge in [0, 0.05) is 43.8 Å². The van der Waals surface area contributed by atoms with Gasteiger partial charge in [-0.15, -0.1) is 0 Å². The van der Waals surface area contributed by atoms with Gasteiger partial charge < -0.3 is 9.42 Å². The van der Waals surface area contributed by atoms with Crippen LogP contribution in [0.4, 0.5) is 0 Å². The summed E-state index contributed by atoms with van der Waals surface area (Å²) in [6.07, 6.45) is 5.32. The number of rotatable bonds is 4. The monoisotopic (exact) mass is 367 g/mol. The molecule has 1 aliphatic rings. The second-order valence-corrected chi connectivity index (χ2v) is 7.37. The summed E-state index contributed by atoms with van der Waals surface area (Å²) in [6.45, 7) is 7.45. The molecule has 1 fully saturated rings. The van der Waals surface area contributed by atoms with E-state index in [-0.39, 0.29) is 11.8 Å². The Morgan fingerprint density at radius 2 is 2.15 bits per heavy atom. The number of hydrogen-bond donors (Lipinski definition) is 0. The first-order valence-corrected chi connectivity index (χ1v) is 9.63. The summed E-state index contributed by atoms with van der Waals surface area (Å²) in [5.41, 5.74) is 4.53. The molecule has 3 aromatic rings. The average Bonchev–Trinajstić information content (AvgIpc) is 3.25. The van der Waals surface area contributed by atoms with Crippen molar-refractivity contribution >= 4 is 11.6 Å². The van der Waals surface area contributed by atoms with Crippen LogP contribution in [-0.4, -0.2) is 43.7 Å². The lowest BCUT2D eigenvalue weighted by molar-refractivity contribution is -0.132. The summed E-state index contributed by atoms with van der Waals surface area (Å²) in [5.74, 6) is 1.12. The van der Waals surface area contributed by atoms with Crippen LogP contribution in [0.25, 0.3) is 17.0 Å². The molecule has 1 amide bonds. The van der Waals surface area contributed by atoms with Crippen LogP contribution in [0.1, 0.15) is 55.6 Å². The van der Waals surface area contributed by atoms with Gasteiger partial charge in [-0.2, -0.15) is 5.10 Å². The van der Waals surface area contributed by atoms with E-state index < -0.39 is 0 Å². The highest BCUT2D eigenvalue weighted by Gasteiger charge is 2.29. The predicted molar refractivity (Wildman–Crippen MR) is 101 cm³/mol. The number of piperidine rings is 1. The molecule has 0 aromatic carbocycles. The Morgan fingerprint density at radius 1 is 1.30 bits per heavy atom. The van der Waals surface area contributed by atoms with E-state index in [1.54, 1.807) is 0 Å². The van der Waals surface area contributed by atoms with Gasteiger partial charge in [-0.3, -0.25) is 4.79 Å². The van der Waals surface area contributed by atoms with Crippen molar-refractivity contribution in [2.24, 2.45) is 0 Å². The van der Waals surface area contributed by atoms with Crippen molar-refractivity contribution in [3.63, 3.8) is 0 Å². The van der Waals surface area contributed by atoms with Crippen molar-refractivity contribution in [1.29, 1.82) is 0 Å². The van der Waals surface area contributed by atoms with E-state index in [1.165, 1.54) is 0 Å². The van der Waals surface area contributed by atoms with E-state index in [9.17, 15) is 4.79 Å². The van der Waals surface area contributed by atoms with Crippen LogP contribution in [0.5, 0.6) is 0 Å². The molecule has 1 saturated heterocycles. The SMILES string of the molecule is CCCC(=O)N1CCC[C@H](c2c(-c3cc(C)no3)cnc3cc(C)nn23)C1. The average molecular weight is 367 g/mol. The lowest BCUT2D eigenvalue weighted by Gasteiger charge is -2.33. The number of nitrogens with zero attached hydrogens (tertiary/aromatic N) is 5.